The Morgan fingerprint density at radius 1 is 1.62 bits per heavy atom. The molecule has 0 radical (unpaired) electrons. The second-order valence-electron chi connectivity index (χ2n) is 4.04. The molecule has 0 aromatic carbocycles. The molecular weight excluding hydrogens is 168 g/mol. The number of aliphatic hydroxyl groups excluding tert-OH is 1. The number of nitrogens with zero attached hydrogens (tertiary/aromatic N) is 1. The monoisotopic (exact) mass is 188 g/mol. The highest BCUT2D eigenvalue weighted by Gasteiger charge is 2.30. The molecule has 0 aliphatic carbocycles. The van der Waals surface area contributed by atoms with Crippen molar-refractivity contribution in [1.29, 1.82) is 0 Å². The largest absolute Gasteiger partial charge is 0.394 e. The van der Waals surface area contributed by atoms with Crippen LogP contribution in [0.3, 0.4) is 0 Å². The maximum atomic E-state index is 11.7. The maximum absolute atomic E-state index is 11.7. The average molecular weight is 188 g/mol. The SMILES string of the molecule is CC(CO)N(C)C(=O)C(C)(C)CN. The number of hydrogen-bond acceptors (Lipinski definition) is 3. The van der Waals surface area contributed by atoms with Crippen LogP contribution in [0.25, 0.3) is 0 Å². The van der Waals surface area contributed by atoms with Gasteiger partial charge in [-0.3, -0.25) is 4.79 Å². The first kappa shape index (κ1) is 12.4. The molecule has 0 heterocycles. The summed E-state index contributed by atoms with van der Waals surface area (Å²) in [5.41, 5.74) is 4.93. The summed E-state index contributed by atoms with van der Waals surface area (Å²) in [6.07, 6.45) is 0. The molecule has 4 heteroatoms. The normalized spacial score (nSPS) is 14.0. The van der Waals surface area contributed by atoms with Gasteiger partial charge in [-0.15, -0.1) is 0 Å². The highest BCUT2D eigenvalue weighted by atomic mass is 16.3. The Kier molecular flexibility index (Phi) is 4.36. The molecule has 4 nitrogen and oxygen atoms in total. The van der Waals surface area contributed by atoms with Crippen molar-refractivity contribution in [2.75, 3.05) is 20.2 Å². The van der Waals surface area contributed by atoms with E-state index in [9.17, 15) is 4.79 Å². The summed E-state index contributed by atoms with van der Waals surface area (Å²) >= 11 is 0. The summed E-state index contributed by atoms with van der Waals surface area (Å²) in [5.74, 6) is -0.0310. The van der Waals surface area contributed by atoms with E-state index in [1.54, 1.807) is 27.8 Å². The fourth-order valence-corrected chi connectivity index (χ4v) is 0.887. The molecule has 13 heavy (non-hydrogen) atoms. The van der Waals surface area contributed by atoms with E-state index >= 15 is 0 Å². The molecule has 0 bridgehead atoms. The molecular formula is C9H20N2O2. The minimum absolute atomic E-state index is 0.0249. The van der Waals surface area contributed by atoms with Gasteiger partial charge < -0.3 is 15.7 Å². The fourth-order valence-electron chi connectivity index (χ4n) is 0.887. The lowest BCUT2D eigenvalue weighted by atomic mass is 9.91. The van der Waals surface area contributed by atoms with Gasteiger partial charge in [0.25, 0.3) is 0 Å². The van der Waals surface area contributed by atoms with Gasteiger partial charge in [0.05, 0.1) is 18.1 Å². The van der Waals surface area contributed by atoms with E-state index in [1.807, 2.05) is 0 Å². The van der Waals surface area contributed by atoms with Crippen LogP contribution in [0.1, 0.15) is 20.8 Å². The molecule has 0 saturated carbocycles. The predicted octanol–water partition coefficient (Wildman–Crippen LogP) is -0.189. The first-order valence-electron chi connectivity index (χ1n) is 4.45. The zero-order valence-corrected chi connectivity index (χ0v) is 8.87. The van der Waals surface area contributed by atoms with E-state index in [4.69, 9.17) is 10.8 Å². The molecule has 1 unspecified atom stereocenters. The van der Waals surface area contributed by atoms with Crippen LogP contribution in [0.5, 0.6) is 0 Å². The molecule has 0 saturated heterocycles. The van der Waals surface area contributed by atoms with Crippen LogP contribution in [-0.4, -0.2) is 42.2 Å². The van der Waals surface area contributed by atoms with Gasteiger partial charge >= 0.3 is 0 Å². The molecule has 3 N–H and O–H groups in total. The van der Waals surface area contributed by atoms with Crippen LogP contribution < -0.4 is 5.73 Å². The molecule has 0 aromatic rings. The number of rotatable bonds is 4. The zero-order valence-electron chi connectivity index (χ0n) is 8.87. The maximum Gasteiger partial charge on any atom is 0.229 e. The van der Waals surface area contributed by atoms with E-state index < -0.39 is 5.41 Å². The average Bonchev–Trinajstić information content (AvgIpc) is 2.14. The Bertz CT molecular complexity index is 180. The summed E-state index contributed by atoms with van der Waals surface area (Å²) in [6.45, 7) is 5.69. The van der Waals surface area contributed by atoms with Crippen molar-refractivity contribution in [2.45, 2.75) is 26.8 Å². The fraction of sp³-hybridized carbons (Fsp3) is 0.889. The first-order valence-corrected chi connectivity index (χ1v) is 4.45. The smallest absolute Gasteiger partial charge is 0.229 e. The second-order valence-corrected chi connectivity index (χ2v) is 4.04. The first-order chi connectivity index (χ1) is 5.86. The molecule has 0 aliphatic heterocycles. The van der Waals surface area contributed by atoms with Crippen LogP contribution >= 0.6 is 0 Å². The van der Waals surface area contributed by atoms with E-state index in [0.29, 0.717) is 6.54 Å². The molecule has 78 valence electrons. The van der Waals surface area contributed by atoms with Crippen LogP contribution in [-0.2, 0) is 4.79 Å². The van der Waals surface area contributed by atoms with Crippen molar-refractivity contribution in [3.05, 3.63) is 0 Å². The van der Waals surface area contributed by atoms with Gasteiger partial charge in [-0.25, -0.2) is 0 Å². The highest BCUT2D eigenvalue weighted by molar-refractivity contribution is 5.82. The minimum Gasteiger partial charge on any atom is -0.394 e. The van der Waals surface area contributed by atoms with E-state index in [2.05, 4.69) is 0 Å². The van der Waals surface area contributed by atoms with Gasteiger partial charge in [-0.05, 0) is 20.8 Å². The zero-order chi connectivity index (χ0) is 10.6. The molecule has 0 spiro atoms. The van der Waals surface area contributed by atoms with Gasteiger partial charge in [-0.2, -0.15) is 0 Å². The Balaban J connectivity index is 4.42. The number of hydrogen-bond donors (Lipinski definition) is 2. The van der Waals surface area contributed by atoms with Crippen molar-refractivity contribution in [2.24, 2.45) is 11.1 Å². The Labute approximate surface area is 79.7 Å². The lowest BCUT2D eigenvalue weighted by Crippen LogP contribution is -2.47. The standard InChI is InChI=1S/C9H20N2O2/c1-7(5-12)11(4)8(13)9(2,3)6-10/h7,12H,5-6,10H2,1-4H3. The van der Waals surface area contributed by atoms with Crippen LogP contribution in [0.2, 0.25) is 0 Å². The number of nitrogens with two attached hydrogens (primary N) is 1. The quantitative estimate of drug-likeness (QED) is 0.642. The van der Waals surface area contributed by atoms with Crippen LogP contribution in [0.15, 0.2) is 0 Å². The van der Waals surface area contributed by atoms with Crippen molar-refractivity contribution in [3.63, 3.8) is 0 Å². The van der Waals surface area contributed by atoms with Crippen molar-refractivity contribution >= 4 is 5.91 Å². The molecule has 1 amide bonds. The van der Waals surface area contributed by atoms with Gasteiger partial charge in [0.2, 0.25) is 5.91 Å². The van der Waals surface area contributed by atoms with E-state index in [1.165, 1.54) is 4.90 Å². The highest BCUT2D eigenvalue weighted by Crippen LogP contribution is 2.17. The Morgan fingerprint density at radius 2 is 2.08 bits per heavy atom. The number of aliphatic hydroxyl groups is 1. The molecule has 0 aliphatic rings. The number of carbonyl (C=O) groups is 1. The van der Waals surface area contributed by atoms with Gasteiger partial charge in [0.15, 0.2) is 0 Å². The third-order valence-electron chi connectivity index (χ3n) is 2.33. The molecule has 0 fully saturated rings. The van der Waals surface area contributed by atoms with E-state index in [0.717, 1.165) is 0 Å². The molecule has 0 rings (SSSR count). The topological polar surface area (TPSA) is 66.6 Å². The summed E-state index contributed by atoms with van der Waals surface area (Å²) in [4.78, 5) is 13.3. The summed E-state index contributed by atoms with van der Waals surface area (Å²) < 4.78 is 0. The summed E-state index contributed by atoms with van der Waals surface area (Å²) in [5, 5.41) is 8.87. The Hall–Kier alpha value is -0.610. The van der Waals surface area contributed by atoms with Crippen LogP contribution in [0.4, 0.5) is 0 Å². The molecule has 1 atom stereocenters. The summed E-state index contributed by atoms with van der Waals surface area (Å²) in [6, 6.07) is -0.154. The second kappa shape index (κ2) is 4.58. The van der Waals surface area contributed by atoms with Crippen molar-refractivity contribution < 1.29 is 9.90 Å². The lowest BCUT2D eigenvalue weighted by molar-refractivity contribution is -0.141. The number of likely N-dealkylation sites (N-methyl/N-ethyl adjacent to an activating group) is 1. The summed E-state index contributed by atoms with van der Waals surface area (Å²) in [7, 11) is 1.68. The third kappa shape index (κ3) is 2.97. The van der Waals surface area contributed by atoms with Crippen molar-refractivity contribution in [1.82, 2.24) is 4.90 Å². The number of amides is 1. The van der Waals surface area contributed by atoms with Gasteiger partial charge in [-0.1, -0.05) is 0 Å². The molecule has 0 aromatic heterocycles. The van der Waals surface area contributed by atoms with Crippen molar-refractivity contribution in [3.8, 4) is 0 Å². The number of carbonyl (C=O) groups excluding carboxylic acids is 1. The Morgan fingerprint density at radius 3 is 2.38 bits per heavy atom. The minimum atomic E-state index is -0.543. The van der Waals surface area contributed by atoms with E-state index in [-0.39, 0.29) is 18.6 Å². The van der Waals surface area contributed by atoms with Gasteiger partial charge in [0, 0.05) is 13.6 Å². The predicted molar refractivity (Wildman–Crippen MR) is 52.2 cm³/mol. The van der Waals surface area contributed by atoms with Crippen LogP contribution in [0, 0.1) is 5.41 Å². The lowest BCUT2D eigenvalue weighted by Gasteiger charge is -2.31. The third-order valence-corrected chi connectivity index (χ3v) is 2.33. The van der Waals surface area contributed by atoms with Gasteiger partial charge in [0.1, 0.15) is 0 Å².